The van der Waals surface area contributed by atoms with E-state index in [9.17, 15) is 0 Å². The topological polar surface area (TPSA) is 95.2 Å². The van der Waals surface area contributed by atoms with Gasteiger partial charge in [-0.2, -0.15) is 16.4 Å². The van der Waals surface area contributed by atoms with Crippen LogP contribution < -0.4 is 5.32 Å². The van der Waals surface area contributed by atoms with Crippen molar-refractivity contribution in [2.45, 2.75) is 32.2 Å². The highest BCUT2D eigenvalue weighted by Gasteiger charge is 2.16. The van der Waals surface area contributed by atoms with E-state index in [1.165, 1.54) is 36.8 Å². The average molecular weight is 506 g/mol. The quantitative estimate of drug-likeness (QED) is 0.228. The van der Waals surface area contributed by atoms with E-state index in [0.29, 0.717) is 5.65 Å². The Morgan fingerprint density at radius 3 is 2.70 bits per heavy atom. The van der Waals surface area contributed by atoms with E-state index >= 15 is 0 Å². The first-order valence-electron chi connectivity index (χ1n) is 12.8. The molecule has 184 valence electrons. The maximum Gasteiger partial charge on any atom is 0.181 e. The van der Waals surface area contributed by atoms with Crippen molar-refractivity contribution in [2.24, 2.45) is 5.92 Å². The van der Waals surface area contributed by atoms with Gasteiger partial charge in [-0.05, 0) is 71.5 Å². The molecule has 0 aliphatic heterocycles. The number of nitrogens with one attached hydrogen (secondary N) is 3. The van der Waals surface area contributed by atoms with Crippen LogP contribution in [0.4, 0.5) is 0 Å². The molecule has 0 bridgehead atoms. The van der Waals surface area contributed by atoms with Crippen molar-refractivity contribution in [1.29, 1.82) is 0 Å². The van der Waals surface area contributed by atoms with Crippen LogP contribution in [0.5, 0.6) is 0 Å². The summed E-state index contributed by atoms with van der Waals surface area (Å²) in [6.07, 6.45) is 15.0. The minimum atomic E-state index is 0.691. The summed E-state index contributed by atoms with van der Waals surface area (Å²) >= 11 is 1.69. The number of H-pyrrole nitrogens is 2. The van der Waals surface area contributed by atoms with E-state index in [2.05, 4.69) is 70.5 Å². The van der Waals surface area contributed by atoms with Gasteiger partial charge < -0.3 is 10.3 Å². The third-order valence-electron chi connectivity index (χ3n) is 7.42. The average Bonchev–Trinajstić information content (AvgIpc) is 3.74. The predicted octanol–water partition coefficient (Wildman–Crippen LogP) is 6.57. The van der Waals surface area contributed by atoms with Gasteiger partial charge in [-0.25, -0.2) is 4.98 Å². The van der Waals surface area contributed by atoms with Crippen molar-refractivity contribution >= 4 is 33.3 Å². The molecular formula is C29H27N7S. The summed E-state index contributed by atoms with van der Waals surface area (Å²) in [4.78, 5) is 17.2. The highest BCUT2D eigenvalue weighted by molar-refractivity contribution is 7.08. The smallest absolute Gasteiger partial charge is 0.181 e. The Morgan fingerprint density at radius 2 is 1.81 bits per heavy atom. The van der Waals surface area contributed by atoms with Crippen LogP contribution in [0.15, 0.2) is 66.0 Å². The second kappa shape index (κ2) is 9.53. The van der Waals surface area contributed by atoms with Crippen LogP contribution in [0.1, 0.15) is 31.2 Å². The molecule has 1 aliphatic carbocycles. The minimum absolute atomic E-state index is 0.691. The molecule has 1 saturated carbocycles. The highest BCUT2D eigenvalue weighted by atomic mass is 32.1. The molecule has 1 fully saturated rings. The molecule has 1 aliphatic rings. The van der Waals surface area contributed by atoms with Gasteiger partial charge in [-0.3, -0.25) is 15.1 Å². The van der Waals surface area contributed by atoms with Crippen molar-refractivity contribution in [1.82, 2.24) is 35.5 Å². The molecule has 0 spiro atoms. The number of thiophene rings is 1. The Morgan fingerprint density at radius 1 is 0.919 bits per heavy atom. The first kappa shape index (κ1) is 22.3. The number of nitrogens with zero attached hydrogens (tertiary/aromatic N) is 4. The van der Waals surface area contributed by atoms with E-state index in [4.69, 9.17) is 0 Å². The second-order valence-corrected chi connectivity index (χ2v) is 10.7. The number of pyridine rings is 3. The minimum Gasteiger partial charge on any atom is -0.352 e. The van der Waals surface area contributed by atoms with Crippen LogP contribution in [0.3, 0.4) is 0 Å². The molecule has 7 rings (SSSR count). The molecule has 3 N–H and O–H groups in total. The standard InChI is InChI=1S/C29H27N7S/c1-2-4-18(3-1)10-30-11-19-7-21(13-31-12-19)22-8-24-28(35-36-29(24)33-14-22)26-9-23-25(20-5-6-37-17-20)15-32-16-27(23)34-26/h5-9,12-18,30,34H,1-4,10-11H2,(H,33,35,36). The first-order valence-corrected chi connectivity index (χ1v) is 13.7. The Labute approximate surface area is 218 Å². The number of fused-ring (bicyclic) bond motifs is 2. The third-order valence-corrected chi connectivity index (χ3v) is 8.11. The molecule has 7 nitrogen and oxygen atoms in total. The van der Waals surface area contributed by atoms with E-state index in [0.717, 1.165) is 63.4 Å². The molecule has 6 aromatic heterocycles. The van der Waals surface area contributed by atoms with E-state index in [1.807, 2.05) is 31.0 Å². The zero-order valence-corrected chi connectivity index (χ0v) is 21.2. The van der Waals surface area contributed by atoms with Gasteiger partial charge in [-0.15, -0.1) is 0 Å². The summed E-state index contributed by atoms with van der Waals surface area (Å²) in [6, 6.07) is 8.65. The first-order chi connectivity index (χ1) is 18.3. The lowest BCUT2D eigenvalue weighted by Crippen LogP contribution is -2.20. The third kappa shape index (κ3) is 4.32. The largest absolute Gasteiger partial charge is 0.352 e. The summed E-state index contributed by atoms with van der Waals surface area (Å²) in [6.45, 7) is 1.92. The number of rotatable bonds is 7. The molecular weight excluding hydrogens is 478 g/mol. The molecule has 37 heavy (non-hydrogen) atoms. The van der Waals surface area contributed by atoms with Gasteiger partial charge in [0.2, 0.25) is 0 Å². The van der Waals surface area contributed by atoms with Gasteiger partial charge in [-0.1, -0.05) is 12.8 Å². The van der Waals surface area contributed by atoms with Gasteiger partial charge >= 0.3 is 0 Å². The zero-order valence-electron chi connectivity index (χ0n) is 20.4. The van der Waals surface area contributed by atoms with E-state index in [-0.39, 0.29) is 0 Å². The van der Waals surface area contributed by atoms with E-state index < -0.39 is 0 Å². The summed E-state index contributed by atoms with van der Waals surface area (Å²) < 4.78 is 0. The van der Waals surface area contributed by atoms with Crippen molar-refractivity contribution < 1.29 is 0 Å². The van der Waals surface area contributed by atoms with Crippen molar-refractivity contribution in [2.75, 3.05) is 6.54 Å². The number of hydrogen-bond donors (Lipinski definition) is 3. The fourth-order valence-corrected chi connectivity index (χ4v) is 6.13. The van der Waals surface area contributed by atoms with Gasteiger partial charge in [0, 0.05) is 58.8 Å². The number of aromatic amines is 2. The Balaban J connectivity index is 1.20. The molecule has 0 atom stereocenters. The molecule has 8 heteroatoms. The second-order valence-electron chi connectivity index (χ2n) is 9.90. The predicted molar refractivity (Wildman–Crippen MR) is 149 cm³/mol. The van der Waals surface area contributed by atoms with E-state index in [1.54, 1.807) is 11.3 Å². The highest BCUT2D eigenvalue weighted by Crippen LogP contribution is 2.35. The SMILES string of the molecule is c1cc(-c2cncc3[nH]c(-c4[nH]nc5ncc(-c6cncc(CNCC7CCCC7)c6)cc45)cc23)cs1. The van der Waals surface area contributed by atoms with Gasteiger partial charge in [0.05, 0.1) is 23.1 Å². The molecule has 0 unspecified atom stereocenters. The van der Waals surface area contributed by atoms with Crippen molar-refractivity contribution in [3.05, 3.63) is 71.6 Å². The Hall–Kier alpha value is -3.88. The maximum atomic E-state index is 4.65. The number of aromatic nitrogens is 6. The van der Waals surface area contributed by atoms with Crippen molar-refractivity contribution in [3.8, 4) is 33.6 Å². The van der Waals surface area contributed by atoms with Crippen LogP contribution >= 0.6 is 11.3 Å². The van der Waals surface area contributed by atoms with Crippen LogP contribution in [0.2, 0.25) is 0 Å². The summed E-state index contributed by atoms with van der Waals surface area (Å²) in [5.41, 5.74) is 9.13. The van der Waals surface area contributed by atoms with Crippen molar-refractivity contribution in [3.63, 3.8) is 0 Å². The molecule has 0 aromatic carbocycles. The fraction of sp³-hybridized carbons (Fsp3) is 0.241. The monoisotopic (exact) mass is 505 g/mol. The molecule has 0 saturated heterocycles. The summed E-state index contributed by atoms with van der Waals surface area (Å²) in [7, 11) is 0. The van der Waals surface area contributed by atoms with Gasteiger partial charge in [0.1, 0.15) is 0 Å². The lowest BCUT2D eigenvalue weighted by molar-refractivity contribution is 0.489. The molecule has 6 aromatic rings. The van der Waals surface area contributed by atoms with Gasteiger partial charge in [0.25, 0.3) is 0 Å². The maximum absolute atomic E-state index is 4.65. The van der Waals surface area contributed by atoms with Crippen LogP contribution in [-0.4, -0.2) is 36.7 Å². The van der Waals surface area contributed by atoms with Gasteiger partial charge in [0.15, 0.2) is 5.65 Å². The lowest BCUT2D eigenvalue weighted by Gasteiger charge is -2.11. The molecule has 0 amide bonds. The molecule has 6 heterocycles. The molecule has 0 radical (unpaired) electrons. The summed E-state index contributed by atoms with van der Waals surface area (Å²) in [5, 5.41) is 17.6. The van der Waals surface area contributed by atoms with Crippen LogP contribution in [0, 0.1) is 5.92 Å². The van der Waals surface area contributed by atoms with Crippen LogP contribution in [-0.2, 0) is 6.54 Å². The number of hydrogen-bond acceptors (Lipinski definition) is 6. The fourth-order valence-electron chi connectivity index (χ4n) is 5.47. The van der Waals surface area contributed by atoms with Crippen LogP contribution in [0.25, 0.3) is 55.6 Å². The Bertz CT molecular complexity index is 1680. The lowest BCUT2D eigenvalue weighted by atomic mass is 10.0. The summed E-state index contributed by atoms with van der Waals surface area (Å²) in [5.74, 6) is 0.823. The Kier molecular flexibility index (Phi) is 5.75. The normalized spacial score (nSPS) is 14.3. The zero-order chi connectivity index (χ0) is 24.6.